The minimum atomic E-state index is -1.16. The van der Waals surface area contributed by atoms with E-state index in [4.69, 9.17) is 56.8 Å². The number of Topliss-reactive ketones (excluding diaryl/α,β-unsaturated/α-hetero) is 4. The molecule has 1 aliphatic heterocycles. The topological polar surface area (TPSA) is 309 Å². The maximum atomic E-state index is 14.2. The van der Waals surface area contributed by atoms with Gasteiger partial charge in [-0.2, -0.15) is 0 Å². The number of carbonyl (C=O) groups is 9. The van der Waals surface area contributed by atoms with Crippen molar-refractivity contribution in [2.75, 3.05) is 98.8 Å². The van der Waals surface area contributed by atoms with Crippen LogP contribution in [-0.2, 0) is 109 Å². The molecule has 24 heteroatoms. The Hall–Kier alpha value is -7.81. The smallest absolute Gasteiger partial charge is 0.306 e. The molecule has 1 heterocycles. The monoisotopic (exact) mass is 1520 g/mol. The van der Waals surface area contributed by atoms with Gasteiger partial charge in [0.25, 0.3) is 0 Å². The summed E-state index contributed by atoms with van der Waals surface area (Å²) < 4.78 is 69.3. The molecule has 24 nitrogen and oxygen atoms in total. The number of anilines is 1. The Bertz CT molecular complexity index is 3270. The van der Waals surface area contributed by atoms with Crippen LogP contribution >= 0.6 is 0 Å². The number of methoxy groups -OCH3 is 2. The van der Waals surface area contributed by atoms with Crippen molar-refractivity contribution in [2.45, 2.75) is 226 Å². The van der Waals surface area contributed by atoms with E-state index in [0.717, 1.165) is 42.4 Å². The van der Waals surface area contributed by atoms with Crippen molar-refractivity contribution in [3.8, 4) is 11.5 Å². The van der Waals surface area contributed by atoms with Gasteiger partial charge in [-0.15, -0.1) is 0 Å². The first-order chi connectivity index (χ1) is 52.6. The molecule has 0 saturated carbocycles. The lowest BCUT2D eigenvalue weighted by Crippen LogP contribution is -2.58. The van der Waals surface area contributed by atoms with Crippen molar-refractivity contribution in [2.24, 2.45) is 17.3 Å². The van der Waals surface area contributed by atoms with Crippen LogP contribution in [0.4, 0.5) is 5.69 Å². The Morgan fingerprint density at radius 3 is 1.47 bits per heavy atom. The maximum absolute atomic E-state index is 14.2. The van der Waals surface area contributed by atoms with E-state index in [1.807, 2.05) is 119 Å². The lowest BCUT2D eigenvalue weighted by Gasteiger charge is -2.44. The molecule has 604 valence electrons. The molecule has 0 aliphatic carbocycles. The van der Waals surface area contributed by atoms with Gasteiger partial charge in [-0.3, -0.25) is 43.2 Å². The first-order valence-corrected chi connectivity index (χ1v) is 39.0. The van der Waals surface area contributed by atoms with Crippen LogP contribution in [0.1, 0.15) is 217 Å². The van der Waals surface area contributed by atoms with Crippen LogP contribution < -0.4 is 20.1 Å². The number of ether oxygens (including phenoxy) is 12. The fourth-order valence-corrected chi connectivity index (χ4v) is 13.4. The molecule has 3 N–H and O–H groups in total. The number of aliphatic carboxylic acids is 1. The summed E-state index contributed by atoms with van der Waals surface area (Å²) in [7, 11) is 3.21. The summed E-state index contributed by atoms with van der Waals surface area (Å²) in [5.41, 5.74) is 2.25. The van der Waals surface area contributed by atoms with Gasteiger partial charge < -0.3 is 72.6 Å². The van der Waals surface area contributed by atoms with Gasteiger partial charge in [-0.1, -0.05) is 94.1 Å². The number of esters is 2. The predicted molar refractivity (Wildman–Crippen MR) is 411 cm³/mol. The number of carbonyl (C=O) groups excluding carboxylic acids is 8. The van der Waals surface area contributed by atoms with Crippen molar-refractivity contribution in [3.05, 3.63) is 125 Å². The van der Waals surface area contributed by atoms with Gasteiger partial charge in [0.15, 0.2) is 6.29 Å². The van der Waals surface area contributed by atoms with Crippen LogP contribution in [0.3, 0.4) is 0 Å². The zero-order chi connectivity index (χ0) is 79.1. The second-order valence-electron chi connectivity index (χ2n) is 28.1. The molecule has 4 aromatic rings. The average molecular weight is 1520 g/mol. The standard InChI is InChI=1S/C85H122N2O22/c1-9-100-46-20-26-72(90)40-43-84(44-41-73(91)27-21-47-101-10-2,45-42-74(92)28-22-48-102-49-50-103-51-52-104-53-54-105-83-82(86-64(5)88)63(4)62(3)78(109-83)61-106-65(6)89)58-75(93)25-18-13-11-12-14-19-29-79(94)87-71-56-66(59-107-81(97)39-38-80(95)96)55-67(57-71)60-108-85(68-23-16-15-17-24-68,69-30-34-76(98-7)35-31-69)70-32-36-77(99-8)37-33-70/h15-17,23-24,30-37,55-57,62-63,78,82-83H,9-14,18-22,25-29,38-54,58-61H2,1-8H3,(H,86,88)(H,87,94)(H,95,96). The summed E-state index contributed by atoms with van der Waals surface area (Å²) in [6, 6.07) is 30.1. The van der Waals surface area contributed by atoms with Crippen LogP contribution in [0.25, 0.3) is 0 Å². The molecular weight excluding hydrogens is 1400 g/mol. The number of carboxylic acids is 1. The minimum absolute atomic E-state index is 0.00919. The highest BCUT2D eigenvalue weighted by atomic mass is 16.7. The van der Waals surface area contributed by atoms with Gasteiger partial charge in [0.2, 0.25) is 11.8 Å². The largest absolute Gasteiger partial charge is 0.497 e. The summed E-state index contributed by atoms with van der Waals surface area (Å²) >= 11 is 0. The zero-order valence-corrected chi connectivity index (χ0v) is 65.8. The Labute approximate surface area is 645 Å². The predicted octanol–water partition coefficient (Wildman–Crippen LogP) is 13.7. The number of unbranched alkanes of at least 4 members (excludes halogenated alkanes) is 5. The molecule has 4 aromatic carbocycles. The summed E-state index contributed by atoms with van der Waals surface area (Å²) in [6.07, 6.45) is 7.69. The van der Waals surface area contributed by atoms with Gasteiger partial charge in [-0.05, 0) is 153 Å². The second-order valence-corrected chi connectivity index (χ2v) is 28.1. The van der Waals surface area contributed by atoms with Gasteiger partial charge in [-0.25, -0.2) is 0 Å². The first kappa shape index (κ1) is 91.8. The molecule has 2 amide bonds. The third-order valence-corrected chi connectivity index (χ3v) is 19.7. The van der Waals surface area contributed by atoms with E-state index < -0.39 is 47.4 Å². The molecule has 109 heavy (non-hydrogen) atoms. The highest BCUT2D eigenvalue weighted by Crippen LogP contribution is 2.44. The second kappa shape index (κ2) is 52.4. The molecule has 5 unspecified atom stereocenters. The molecule has 0 aromatic heterocycles. The van der Waals surface area contributed by atoms with E-state index >= 15 is 0 Å². The molecule has 5 rings (SSSR count). The van der Waals surface area contributed by atoms with E-state index in [1.54, 1.807) is 20.3 Å². The molecule has 1 saturated heterocycles. The quantitative estimate of drug-likeness (QED) is 0.0210. The highest BCUT2D eigenvalue weighted by Gasteiger charge is 2.43. The van der Waals surface area contributed by atoms with Crippen LogP contribution in [0, 0.1) is 17.3 Å². The molecule has 1 fully saturated rings. The van der Waals surface area contributed by atoms with Crippen LogP contribution in [0.15, 0.2) is 97.1 Å². The minimum Gasteiger partial charge on any atom is -0.497 e. The first-order valence-electron chi connectivity index (χ1n) is 39.0. The Morgan fingerprint density at radius 1 is 0.486 bits per heavy atom. The number of rotatable bonds is 61. The number of ketones is 4. The summed E-state index contributed by atoms with van der Waals surface area (Å²) in [5, 5.41) is 15.2. The summed E-state index contributed by atoms with van der Waals surface area (Å²) in [6.45, 7) is 14.6. The van der Waals surface area contributed by atoms with E-state index in [-0.39, 0.29) is 131 Å². The third-order valence-electron chi connectivity index (χ3n) is 19.7. The normalized spacial score (nSPS) is 15.7. The van der Waals surface area contributed by atoms with E-state index in [9.17, 15) is 48.3 Å². The number of carboxylic acid groups (broad SMARTS) is 1. The van der Waals surface area contributed by atoms with Gasteiger partial charge in [0, 0.05) is 110 Å². The SMILES string of the molecule is CCOCCCC(=O)CCC(CCC(=O)CCCOCC)(CCC(=O)CCCOCCOCCOCCOC1OC(COC(C)=O)C(C)C(C)C1NC(C)=O)CC(=O)CCCCCCCCC(=O)Nc1cc(COC(=O)CCC(=O)O)cc(COC(c2ccccc2)(c2ccc(OC)cc2)c2ccc(OC)cc2)c1. The fourth-order valence-electron chi connectivity index (χ4n) is 13.4. The number of nitrogens with one attached hydrogen (secondary N) is 2. The van der Waals surface area contributed by atoms with Gasteiger partial charge >= 0.3 is 17.9 Å². The lowest BCUT2D eigenvalue weighted by atomic mass is 9.70. The lowest BCUT2D eigenvalue weighted by molar-refractivity contribution is -0.247. The number of hydrogen-bond acceptors (Lipinski definition) is 21. The molecule has 0 spiro atoms. The molecular formula is C85H122N2O22. The molecule has 1 aliphatic rings. The van der Waals surface area contributed by atoms with Crippen molar-refractivity contribution in [3.63, 3.8) is 0 Å². The van der Waals surface area contributed by atoms with Crippen molar-refractivity contribution in [1.29, 1.82) is 0 Å². The highest BCUT2D eigenvalue weighted by molar-refractivity contribution is 5.91. The third kappa shape index (κ3) is 35.4. The van der Waals surface area contributed by atoms with Crippen molar-refractivity contribution in [1.82, 2.24) is 5.32 Å². The number of benzene rings is 4. The van der Waals surface area contributed by atoms with Crippen LogP contribution in [0.5, 0.6) is 11.5 Å². The average Bonchev–Trinajstić information content (AvgIpc) is 0.751. The van der Waals surface area contributed by atoms with Gasteiger partial charge in [0.1, 0.15) is 53.4 Å². The van der Waals surface area contributed by atoms with E-state index in [2.05, 4.69) is 10.6 Å². The summed E-state index contributed by atoms with van der Waals surface area (Å²) in [5.74, 6) is -1.15. The van der Waals surface area contributed by atoms with E-state index in [0.29, 0.717) is 158 Å². The van der Waals surface area contributed by atoms with Crippen LogP contribution in [0.2, 0.25) is 0 Å². The molecule has 5 atom stereocenters. The molecule has 0 radical (unpaired) electrons. The Morgan fingerprint density at radius 2 is 0.963 bits per heavy atom. The molecule has 0 bridgehead atoms. The summed E-state index contributed by atoms with van der Waals surface area (Å²) in [4.78, 5) is 116. The van der Waals surface area contributed by atoms with E-state index in [1.165, 1.54) is 13.8 Å². The maximum Gasteiger partial charge on any atom is 0.306 e. The van der Waals surface area contributed by atoms with Crippen LogP contribution in [-0.4, -0.2) is 170 Å². The Balaban J connectivity index is 1.13. The Kier molecular flexibility index (Phi) is 44.1. The van der Waals surface area contributed by atoms with Crippen molar-refractivity contribution >= 4 is 58.5 Å². The van der Waals surface area contributed by atoms with Crippen molar-refractivity contribution < 1.29 is 105 Å². The number of amides is 2. The fraction of sp³-hybridized carbons (Fsp3) is 0.612. The van der Waals surface area contributed by atoms with Gasteiger partial charge in [0.05, 0.1) is 85.5 Å². The zero-order valence-electron chi connectivity index (χ0n) is 65.8. The number of hydrogen-bond donors (Lipinski definition) is 3.